The van der Waals surface area contributed by atoms with Crippen LogP contribution in [0.5, 0.6) is 5.75 Å². The van der Waals surface area contributed by atoms with Crippen molar-refractivity contribution < 1.29 is 19.4 Å². The SMILES string of the molecule is COc1ccc(-c2ccc(C#N)c(SCC(=O)NCC(=O)[O-])n2)cc1. The monoisotopic (exact) mass is 356 g/mol. The molecular formula is C17H14N3O4S-. The number of nitrogens with zero attached hydrogens (tertiary/aromatic N) is 2. The largest absolute Gasteiger partial charge is 0.548 e. The Balaban J connectivity index is 2.15. The summed E-state index contributed by atoms with van der Waals surface area (Å²) in [6, 6.07) is 12.7. The Hall–Kier alpha value is -3.05. The molecule has 1 N–H and O–H groups in total. The van der Waals surface area contributed by atoms with E-state index in [1.165, 1.54) is 0 Å². The zero-order valence-corrected chi connectivity index (χ0v) is 14.1. The molecule has 7 nitrogen and oxygen atoms in total. The summed E-state index contributed by atoms with van der Waals surface area (Å²) < 4.78 is 5.11. The van der Waals surface area contributed by atoms with Crippen molar-refractivity contribution in [3.8, 4) is 23.1 Å². The fraction of sp³-hybridized carbons (Fsp3) is 0.176. The van der Waals surface area contributed by atoms with E-state index in [9.17, 15) is 20.0 Å². The average molecular weight is 356 g/mol. The van der Waals surface area contributed by atoms with Gasteiger partial charge in [-0.3, -0.25) is 4.79 Å². The van der Waals surface area contributed by atoms with Crippen LogP contribution in [-0.2, 0) is 9.59 Å². The quantitative estimate of drug-likeness (QED) is 0.722. The highest BCUT2D eigenvalue weighted by atomic mass is 32.2. The number of thioether (sulfide) groups is 1. The van der Waals surface area contributed by atoms with Crippen LogP contribution in [0.15, 0.2) is 41.4 Å². The number of aliphatic carboxylic acids is 1. The molecule has 0 atom stereocenters. The van der Waals surface area contributed by atoms with Crippen LogP contribution in [0, 0.1) is 11.3 Å². The van der Waals surface area contributed by atoms with Crippen molar-refractivity contribution in [3.63, 3.8) is 0 Å². The summed E-state index contributed by atoms with van der Waals surface area (Å²) in [7, 11) is 1.58. The molecule has 0 saturated carbocycles. The molecule has 0 fully saturated rings. The number of hydrogen-bond acceptors (Lipinski definition) is 7. The average Bonchev–Trinajstić information content (AvgIpc) is 2.64. The molecule has 0 spiro atoms. The van der Waals surface area contributed by atoms with E-state index in [1.54, 1.807) is 31.4 Å². The molecule has 25 heavy (non-hydrogen) atoms. The first-order valence-corrected chi connectivity index (χ1v) is 8.17. The number of aromatic nitrogens is 1. The summed E-state index contributed by atoms with van der Waals surface area (Å²) >= 11 is 1.06. The molecule has 1 heterocycles. The first-order chi connectivity index (χ1) is 12.0. The van der Waals surface area contributed by atoms with Gasteiger partial charge in [-0.2, -0.15) is 5.26 Å². The summed E-state index contributed by atoms with van der Waals surface area (Å²) in [5.74, 6) is -1.18. The fourth-order valence-electron chi connectivity index (χ4n) is 1.91. The van der Waals surface area contributed by atoms with Crippen molar-refractivity contribution in [1.82, 2.24) is 10.3 Å². The smallest absolute Gasteiger partial charge is 0.230 e. The summed E-state index contributed by atoms with van der Waals surface area (Å²) in [5.41, 5.74) is 1.84. The van der Waals surface area contributed by atoms with E-state index in [2.05, 4.69) is 10.3 Å². The van der Waals surface area contributed by atoms with Crippen molar-refractivity contribution >= 4 is 23.6 Å². The van der Waals surface area contributed by atoms with Gasteiger partial charge in [0.1, 0.15) is 16.8 Å². The Morgan fingerprint density at radius 2 is 2.00 bits per heavy atom. The zero-order chi connectivity index (χ0) is 18.2. The molecule has 8 heteroatoms. The molecule has 128 valence electrons. The second-order valence-electron chi connectivity index (χ2n) is 4.83. The van der Waals surface area contributed by atoms with Gasteiger partial charge in [-0.15, -0.1) is 0 Å². The molecule has 1 aromatic heterocycles. The van der Waals surface area contributed by atoms with E-state index in [0.29, 0.717) is 16.3 Å². The van der Waals surface area contributed by atoms with E-state index < -0.39 is 18.4 Å². The van der Waals surface area contributed by atoms with Crippen LogP contribution in [0.2, 0.25) is 0 Å². The first-order valence-electron chi connectivity index (χ1n) is 7.18. The highest BCUT2D eigenvalue weighted by molar-refractivity contribution is 8.00. The summed E-state index contributed by atoms with van der Waals surface area (Å²) in [6.45, 7) is -0.552. The van der Waals surface area contributed by atoms with Crippen LogP contribution in [0.1, 0.15) is 5.56 Å². The maximum atomic E-state index is 11.6. The Kier molecular flexibility index (Phi) is 6.37. The van der Waals surface area contributed by atoms with Crippen LogP contribution in [0.4, 0.5) is 0 Å². The lowest BCUT2D eigenvalue weighted by atomic mass is 10.1. The second kappa shape index (κ2) is 8.70. The van der Waals surface area contributed by atoms with Gasteiger partial charge in [0.15, 0.2) is 0 Å². The van der Waals surface area contributed by atoms with Gasteiger partial charge in [0, 0.05) is 5.56 Å². The molecule has 0 bridgehead atoms. The van der Waals surface area contributed by atoms with Crippen LogP contribution < -0.4 is 15.2 Å². The minimum absolute atomic E-state index is 0.0545. The number of carbonyl (C=O) groups excluding carboxylic acids is 2. The Bertz CT molecular complexity index is 816. The van der Waals surface area contributed by atoms with Crippen molar-refractivity contribution in [1.29, 1.82) is 5.26 Å². The van der Waals surface area contributed by atoms with Gasteiger partial charge in [-0.1, -0.05) is 11.8 Å². The van der Waals surface area contributed by atoms with Gasteiger partial charge < -0.3 is 20.0 Å². The number of nitriles is 1. The van der Waals surface area contributed by atoms with Crippen LogP contribution in [-0.4, -0.2) is 36.3 Å². The molecule has 0 aliphatic heterocycles. The van der Waals surface area contributed by atoms with Gasteiger partial charge in [0.25, 0.3) is 0 Å². The van der Waals surface area contributed by atoms with Crippen LogP contribution in [0.3, 0.4) is 0 Å². The predicted octanol–water partition coefficient (Wildman–Crippen LogP) is 0.587. The number of carboxylic acids is 1. The number of benzene rings is 1. The van der Waals surface area contributed by atoms with Gasteiger partial charge in [-0.05, 0) is 36.4 Å². The molecule has 0 unspecified atom stereocenters. The number of pyridine rings is 1. The van der Waals surface area contributed by atoms with Crippen LogP contribution in [0.25, 0.3) is 11.3 Å². The molecule has 0 aliphatic rings. The molecule has 2 rings (SSSR count). The number of carbonyl (C=O) groups is 2. The van der Waals surface area contributed by atoms with E-state index >= 15 is 0 Å². The Labute approximate surface area is 148 Å². The fourth-order valence-corrected chi connectivity index (χ4v) is 2.72. The van der Waals surface area contributed by atoms with E-state index in [0.717, 1.165) is 23.1 Å². The third-order valence-corrected chi connectivity index (χ3v) is 4.13. The molecule has 1 aromatic carbocycles. The molecule has 0 aliphatic carbocycles. The highest BCUT2D eigenvalue weighted by Crippen LogP contribution is 2.26. The van der Waals surface area contributed by atoms with Crippen molar-refractivity contribution in [2.45, 2.75) is 5.03 Å². The van der Waals surface area contributed by atoms with Crippen LogP contribution >= 0.6 is 11.8 Å². The normalized spacial score (nSPS) is 9.92. The van der Waals surface area contributed by atoms with Crippen molar-refractivity contribution in [2.24, 2.45) is 0 Å². The maximum absolute atomic E-state index is 11.6. The second-order valence-corrected chi connectivity index (χ2v) is 5.79. The van der Waals surface area contributed by atoms with E-state index in [-0.39, 0.29) is 5.75 Å². The lowest BCUT2D eigenvalue weighted by molar-refractivity contribution is -0.303. The maximum Gasteiger partial charge on any atom is 0.230 e. The van der Waals surface area contributed by atoms with Gasteiger partial charge in [0.2, 0.25) is 5.91 Å². The van der Waals surface area contributed by atoms with Gasteiger partial charge >= 0.3 is 0 Å². The number of nitrogens with one attached hydrogen (secondary N) is 1. The number of rotatable bonds is 7. The third-order valence-electron chi connectivity index (χ3n) is 3.14. The Morgan fingerprint density at radius 3 is 2.60 bits per heavy atom. The zero-order valence-electron chi connectivity index (χ0n) is 13.3. The molecular weight excluding hydrogens is 342 g/mol. The number of ether oxygens (including phenoxy) is 1. The van der Waals surface area contributed by atoms with E-state index in [4.69, 9.17) is 4.74 Å². The van der Waals surface area contributed by atoms with Crippen molar-refractivity contribution in [2.75, 3.05) is 19.4 Å². The number of amides is 1. The minimum atomic E-state index is -1.37. The molecule has 0 radical (unpaired) electrons. The summed E-state index contributed by atoms with van der Waals surface area (Å²) in [6.07, 6.45) is 0. The lowest BCUT2D eigenvalue weighted by Gasteiger charge is -2.08. The van der Waals surface area contributed by atoms with E-state index in [1.807, 2.05) is 18.2 Å². The Morgan fingerprint density at radius 1 is 1.28 bits per heavy atom. The van der Waals surface area contributed by atoms with Gasteiger partial charge in [-0.25, -0.2) is 4.98 Å². The molecule has 0 saturated heterocycles. The topological polar surface area (TPSA) is 115 Å². The standard InChI is InChI=1S/C17H15N3O4S/c1-24-13-5-2-11(3-6-13)14-7-4-12(8-18)17(20-14)25-10-15(21)19-9-16(22)23/h2-7H,9-10H2,1H3,(H,19,21)(H,22,23)/p-1. The number of hydrogen-bond donors (Lipinski definition) is 1. The van der Waals surface area contributed by atoms with Gasteiger partial charge in [0.05, 0.1) is 36.6 Å². The van der Waals surface area contributed by atoms with Crippen molar-refractivity contribution in [3.05, 3.63) is 42.0 Å². The molecule has 1 amide bonds. The summed E-state index contributed by atoms with van der Waals surface area (Å²) in [5, 5.41) is 22.1. The summed E-state index contributed by atoms with van der Waals surface area (Å²) in [4.78, 5) is 26.4. The number of carboxylic acid groups (broad SMARTS) is 1. The minimum Gasteiger partial charge on any atom is -0.548 e. The first kappa shape index (κ1) is 18.3. The molecule has 2 aromatic rings. The third kappa shape index (κ3) is 5.22. The lowest BCUT2D eigenvalue weighted by Crippen LogP contribution is -2.38. The highest BCUT2D eigenvalue weighted by Gasteiger charge is 2.10. The number of methoxy groups -OCH3 is 1. The predicted molar refractivity (Wildman–Crippen MR) is 89.7 cm³/mol.